The van der Waals surface area contributed by atoms with Gasteiger partial charge in [-0.1, -0.05) is 60.7 Å². The molecule has 0 aliphatic rings. The Hall–Kier alpha value is -3.06. The predicted molar refractivity (Wildman–Crippen MR) is 154 cm³/mol. The van der Waals surface area contributed by atoms with E-state index >= 15 is 0 Å². The maximum atomic E-state index is 5.82. The van der Waals surface area contributed by atoms with Gasteiger partial charge in [-0.3, -0.25) is 0 Å². The van der Waals surface area contributed by atoms with Gasteiger partial charge in [0, 0.05) is 10.6 Å². The van der Waals surface area contributed by atoms with Gasteiger partial charge in [-0.25, -0.2) is 0 Å². The normalized spacial score (nSPS) is 12.4. The summed E-state index contributed by atoms with van der Waals surface area (Å²) in [5, 5.41) is 5.02. The van der Waals surface area contributed by atoms with Gasteiger partial charge in [0.2, 0.25) is 0 Å². The molecule has 0 aliphatic carbocycles. The molecule has 0 spiro atoms. The van der Waals surface area contributed by atoms with E-state index in [2.05, 4.69) is 72.8 Å². The van der Waals surface area contributed by atoms with Gasteiger partial charge in [0.1, 0.15) is 23.0 Å². The molecule has 0 bridgehead atoms. The monoisotopic (exact) mass is 518 g/mol. The summed E-state index contributed by atoms with van der Waals surface area (Å²) in [4.78, 5) is 0. The molecule has 2 atom stereocenters. The molecule has 4 aromatic rings. The van der Waals surface area contributed by atoms with Crippen LogP contribution in [-0.4, -0.2) is 40.8 Å². The third-order valence-corrected chi connectivity index (χ3v) is 11.4. The molecule has 4 nitrogen and oxygen atoms in total. The number of hydrogen-bond acceptors (Lipinski definition) is 4. The van der Waals surface area contributed by atoms with Crippen LogP contribution in [-0.2, 0) is 0 Å². The smallest absolute Gasteiger partial charge is 0.127 e. The van der Waals surface area contributed by atoms with Gasteiger partial charge in [-0.15, -0.1) is 0 Å². The molecule has 186 valence electrons. The van der Waals surface area contributed by atoms with Gasteiger partial charge in [-0.2, -0.15) is 0 Å². The largest absolute Gasteiger partial charge is 0.497 e. The zero-order valence-corrected chi connectivity index (χ0v) is 23.0. The topological polar surface area (TPSA) is 36.9 Å². The van der Waals surface area contributed by atoms with Crippen molar-refractivity contribution in [2.45, 2.75) is 0 Å². The highest BCUT2D eigenvalue weighted by molar-refractivity contribution is 7.76. The van der Waals surface area contributed by atoms with Crippen molar-refractivity contribution in [2.75, 3.05) is 40.8 Å². The second kappa shape index (κ2) is 12.8. The van der Waals surface area contributed by atoms with Crippen LogP contribution in [0.5, 0.6) is 23.0 Å². The molecule has 0 fully saturated rings. The molecule has 36 heavy (non-hydrogen) atoms. The van der Waals surface area contributed by atoms with E-state index in [-0.39, 0.29) is 0 Å². The molecule has 0 amide bonds. The first kappa shape index (κ1) is 26.0. The molecule has 0 saturated carbocycles. The quantitative estimate of drug-likeness (QED) is 0.253. The molecule has 0 heterocycles. The first-order valence-electron chi connectivity index (χ1n) is 11.8. The van der Waals surface area contributed by atoms with Gasteiger partial charge < -0.3 is 18.9 Å². The Morgan fingerprint density at radius 2 is 0.861 bits per heavy atom. The molecular weight excluding hydrogens is 486 g/mol. The average molecular weight is 519 g/mol. The van der Waals surface area contributed by atoms with Crippen molar-refractivity contribution in [3.63, 3.8) is 0 Å². The lowest BCUT2D eigenvalue weighted by Crippen LogP contribution is -2.21. The molecule has 0 aromatic heterocycles. The molecule has 4 aromatic carbocycles. The van der Waals surface area contributed by atoms with Crippen molar-refractivity contribution >= 4 is 37.1 Å². The third kappa shape index (κ3) is 6.01. The SMILES string of the molecule is COc1ccc(OC)c(P(CCP(c2ccccc2)c2cc(OC)ccc2OC)c2ccccc2)c1. The molecule has 0 N–H and O–H groups in total. The highest BCUT2D eigenvalue weighted by Crippen LogP contribution is 2.45. The van der Waals surface area contributed by atoms with Gasteiger partial charge in [-0.05, 0) is 75.2 Å². The molecule has 0 aliphatic heterocycles. The lowest BCUT2D eigenvalue weighted by Gasteiger charge is -2.26. The van der Waals surface area contributed by atoms with Crippen LogP contribution >= 0.6 is 15.8 Å². The minimum absolute atomic E-state index is 0.699. The van der Waals surface area contributed by atoms with Crippen LogP contribution in [0.25, 0.3) is 0 Å². The van der Waals surface area contributed by atoms with Crippen molar-refractivity contribution in [3.8, 4) is 23.0 Å². The van der Waals surface area contributed by atoms with E-state index in [1.165, 1.54) is 21.2 Å². The summed E-state index contributed by atoms with van der Waals surface area (Å²) in [6.07, 6.45) is 1.98. The van der Waals surface area contributed by atoms with Crippen molar-refractivity contribution < 1.29 is 18.9 Å². The zero-order chi connectivity index (χ0) is 25.3. The molecule has 0 radical (unpaired) electrons. The molecule has 0 saturated heterocycles. The Morgan fingerprint density at radius 1 is 0.472 bits per heavy atom. The lowest BCUT2D eigenvalue weighted by molar-refractivity contribution is 0.406. The summed E-state index contributed by atoms with van der Waals surface area (Å²) in [7, 11) is 5.50. The number of rotatable bonds is 11. The molecular formula is C30H32O4P2. The van der Waals surface area contributed by atoms with E-state index < -0.39 is 15.8 Å². The van der Waals surface area contributed by atoms with E-state index in [0.717, 1.165) is 35.3 Å². The fraction of sp³-hybridized carbons (Fsp3) is 0.200. The summed E-state index contributed by atoms with van der Waals surface area (Å²) in [6.45, 7) is 0. The van der Waals surface area contributed by atoms with Crippen LogP contribution < -0.4 is 40.2 Å². The fourth-order valence-corrected chi connectivity index (χ4v) is 9.86. The Kier molecular flexibility index (Phi) is 9.23. The predicted octanol–water partition coefficient (Wildman–Crippen LogP) is 5.29. The van der Waals surface area contributed by atoms with E-state index in [1.807, 2.05) is 24.3 Å². The number of hydrogen-bond donors (Lipinski definition) is 0. The fourth-order valence-electron chi connectivity index (χ4n) is 4.21. The molecule has 2 unspecified atom stereocenters. The van der Waals surface area contributed by atoms with E-state index in [0.29, 0.717) is 0 Å². The lowest BCUT2D eigenvalue weighted by atomic mass is 10.3. The van der Waals surface area contributed by atoms with Crippen LogP contribution in [0.3, 0.4) is 0 Å². The van der Waals surface area contributed by atoms with Crippen LogP contribution in [0.15, 0.2) is 97.1 Å². The summed E-state index contributed by atoms with van der Waals surface area (Å²) in [5.41, 5.74) is 0. The molecule has 6 heteroatoms. The number of ether oxygens (including phenoxy) is 4. The first-order valence-corrected chi connectivity index (χ1v) is 14.8. The zero-order valence-electron chi connectivity index (χ0n) is 21.2. The summed E-state index contributed by atoms with van der Waals surface area (Å²) >= 11 is 0. The van der Waals surface area contributed by atoms with Gasteiger partial charge in [0.15, 0.2) is 0 Å². The number of benzene rings is 4. The van der Waals surface area contributed by atoms with Gasteiger partial charge in [0.05, 0.1) is 28.4 Å². The Balaban J connectivity index is 1.78. The third-order valence-electron chi connectivity index (χ3n) is 6.04. The Morgan fingerprint density at radius 3 is 1.19 bits per heavy atom. The second-order valence-corrected chi connectivity index (χ2v) is 12.7. The van der Waals surface area contributed by atoms with Crippen LogP contribution in [0.1, 0.15) is 0 Å². The Labute approximate surface area is 216 Å². The maximum Gasteiger partial charge on any atom is 0.127 e. The van der Waals surface area contributed by atoms with Gasteiger partial charge >= 0.3 is 0 Å². The summed E-state index contributed by atoms with van der Waals surface area (Å²) in [5.74, 6) is 3.48. The minimum atomic E-state index is -0.699. The Bertz CT molecular complexity index is 1150. The van der Waals surface area contributed by atoms with E-state index in [9.17, 15) is 0 Å². The first-order chi connectivity index (χ1) is 17.7. The average Bonchev–Trinajstić information content (AvgIpc) is 2.95. The van der Waals surface area contributed by atoms with Crippen molar-refractivity contribution in [3.05, 3.63) is 97.1 Å². The van der Waals surface area contributed by atoms with Gasteiger partial charge in [0.25, 0.3) is 0 Å². The number of methoxy groups -OCH3 is 4. The van der Waals surface area contributed by atoms with Crippen molar-refractivity contribution in [1.82, 2.24) is 0 Å². The highest BCUT2D eigenvalue weighted by Gasteiger charge is 2.24. The highest BCUT2D eigenvalue weighted by atomic mass is 31.1. The van der Waals surface area contributed by atoms with Crippen molar-refractivity contribution in [2.24, 2.45) is 0 Å². The second-order valence-electron chi connectivity index (χ2n) is 8.05. The summed E-state index contributed by atoms with van der Waals surface area (Å²) in [6, 6.07) is 33.7. The molecule has 4 rings (SSSR count). The minimum Gasteiger partial charge on any atom is -0.497 e. The maximum absolute atomic E-state index is 5.82. The van der Waals surface area contributed by atoms with Crippen LogP contribution in [0.2, 0.25) is 0 Å². The van der Waals surface area contributed by atoms with Crippen LogP contribution in [0, 0.1) is 0 Å². The summed E-state index contributed by atoms with van der Waals surface area (Å²) < 4.78 is 22.8. The van der Waals surface area contributed by atoms with Crippen LogP contribution in [0.4, 0.5) is 0 Å². The standard InChI is InChI=1S/C30H32O4P2/c1-31-23-15-17-27(33-3)29(21-23)35(25-11-7-5-8-12-25)19-20-36(26-13-9-6-10-14-26)30-22-24(32-2)16-18-28(30)34-4/h5-18,21-22H,19-20H2,1-4H3. The van der Waals surface area contributed by atoms with E-state index in [4.69, 9.17) is 18.9 Å². The van der Waals surface area contributed by atoms with Crippen molar-refractivity contribution in [1.29, 1.82) is 0 Å². The van der Waals surface area contributed by atoms with E-state index in [1.54, 1.807) is 28.4 Å².